The number of carbonyl (C=O) groups is 1. The van der Waals surface area contributed by atoms with E-state index < -0.39 is 5.91 Å². The van der Waals surface area contributed by atoms with Gasteiger partial charge in [-0.2, -0.15) is 5.26 Å². The number of methoxy groups -OCH3 is 1. The van der Waals surface area contributed by atoms with E-state index in [4.69, 9.17) is 21.1 Å². The molecule has 31 heavy (non-hydrogen) atoms. The lowest BCUT2D eigenvalue weighted by molar-refractivity contribution is -0.112. The average Bonchev–Trinajstić information content (AvgIpc) is 2.78. The van der Waals surface area contributed by atoms with Gasteiger partial charge in [-0.1, -0.05) is 47.5 Å². The molecule has 0 aromatic heterocycles. The second kappa shape index (κ2) is 10.3. The molecule has 6 heteroatoms. The molecule has 3 aromatic carbocycles. The summed E-state index contributed by atoms with van der Waals surface area (Å²) < 4.78 is 11.2. The number of amides is 1. The highest BCUT2D eigenvalue weighted by Crippen LogP contribution is 2.29. The number of ether oxygens (including phenoxy) is 2. The predicted molar refractivity (Wildman–Crippen MR) is 122 cm³/mol. The number of halogens is 1. The highest BCUT2D eigenvalue weighted by molar-refractivity contribution is 6.31. The molecule has 0 saturated heterocycles. The maximum atomic E-state index is 12.6. The van der Waals surface area contributed by atoms with Crippen molar-refractivity contribution in [3.63, 3.8) is 0 Å². The first-order valence-electron chi connectivity index (χ1n) is 9.54. The number of nitrogens with zero attached hydrogens (tertiary/aromatic N) is 1. The van der Waals surface area contributed by atoms with E-state index in [0.717, 1.165) is 11.1 Å². The standard InChI is InChI=1S/C25H21ClN2O3/c1-17-7-10-21(11-8-17)28-25(29)20(15-27)13-18-9-12-22(30-2)14-24(18)31-16-19-5-3-4-6-23(19)26/h3-14H,16H2,1-2H3,(H,28,29)/b20-13+. The van der Waals surface area contributed by atoms with Crippen LogP contribution >= 0.6 is 11.6 Å². The van der Waals surface area contributed by atoms with E-state index >= 15 is 0 Å². The van der Waals surface area contributed by atoms with Gasteiger partial charge in [0.2, 0.25) is 0 Å². The SMILES string of the molecule is COc1ccc(/C=C(\C#N)C(=O)Nc2ccc(C)cc2)c(OCc2ccccc2Cl)c1. The number of rotatable bonds is 7. The number of aryl methyl sites for hydroxylation is 1. The number of nitriles is 1. The van der Waals surface area contributed by atoms with Crippen LogP contribution in [0.15, 0.2) is 72.3 Å². The summed E-state index contributed by atoms with van der Waals surface area (Å²) in [4.78, 5) is 12.6. The number of hydrogen-bond acceptors (Lipinski definition) is 4. The predicted octanol–water partition coefficient (Wildman–Crippen LogP) is 5.78. The van der Waals surface area contributed by atoms with Gasteiger partial charge in [-0.05, 0) is 43.3 Å². The summed E-state index contributed by atoms with van der Waals surface area (Å²) in [5, 5.41) is 12.9. The fourth-order valence-corrected chi connectivity index (χ4v) is 2.99. The van der Waals surface area contributed by atoms with E-state index in [1.54, 1.807) is 43.5 Å². The molecule has 0 fully saturated rings. The molecule has 0 saturated carbocycles. The van der Waals surface area contributed by atoms with Gasteiger partial charge in [0.15, 0.2) is 0 Å². The zero-order valence-electron chi connectivity index (χ0n) is 17.2. The summed E-state index contributed by atoms with van der Waals surface area (Å²) in [7, 11) is 1.55. The molecule has 1 amide bonds. The summed E-state index contributed by atoms with van der Waals surface area (Å²) >= 11 is 6.21. The van der Waals surface area contributed by atoms with Crippen LogP contribution in [-0.4, -0.2) is 13.0 Å². The van der Waals surface area contributed by atoms with Crippen molar-refractivity contribution in [1.82, 2.24) is 0 Å². The molecular weight excluding hydrogens is 412 g/mol. The normalized spacial score (nSPS) is 10.8. The van der Waals surface area contributed by atoms with E-state index in [0.29, 0.717) is 27.8 Å². The van der Waals surface area contributed by atoms with E-state index in [-0.39, 0.29) is 12.2 Å². The molecule has 156 valence electrons. The highest BCUT2D eigenvalue weighted by Gasteiger charge is 2.13. The number of carbonyl (C=O) groups excluding carboxylic acids is 1. The van der Waals surface area contributed by atoms with Crippen molar-refractivity contribution in [3.8, 4) is 17.6 Å². The number of anilines is 1. The molecule has 0 spiro atoms. The number of nitrogens with one attached hydrogen (secondary N) is 1. The Kier molecular flexibility index (Phi) is 7.31. The Morgan fingerprint density at radius 1 is 1.13 bits per heavy atom. The quantitative estimate of drug-likeness (QED) is 0.379. The van der Waals surface area contributed by atoms with Crippen molar-refractivity contribution in [2.75, 3.05) is 12.4 Å². The molecule has 5 nitrogen and oxygen atoms in total. The Labute approximate surface area is 186 Å². The molecule has 0 aliphatic rings. The van der Waals surface area contributed by atoms with E-state index in [9.17, 15) is 10.1 Å². The first-order chi connectivity index (χ1) is 15.0. The first-order valence-corrected chi connectivity index (χ1v) is 9.92. The molecule has 0 radical (unpaired) electrons. The van der Waals surface area contributed by atoms with Crippen molar-refractivity contribution in [1.29, 1.82) is 5.26 Å². The van der Waals surface area contributed by atoms with Gasteiger partial charge in [0, 0.05) is 27.9 Å². The molecule has 0 atom stereocenters. The van der Waals surface area contributed by atoms with Crippen LogP contribution < -0.4 is 14.8 Å². The van der Waals surface area contributed by atoms with Crippen LogP contribution in [0.2, 0.25) is 5.02 Å². The largest absolute Gasteiger partial charge is 0.497 e. The summed E-state index contributed by atoms with van der Waals surface area (Å²) in [5.74, 6) is 0.559. The summed E-state index contributed by atoms with van der Waals surface area (Å²) in [5.41, 5.74) is 3.03. The Morgan fingerprint density at radius 2 is 1.87 bits per heavy atom. The van der Waals surface area contributed by atoms with E-state index in [1.807, 2.05) is 43.3 Å². The summed E-state index contributed by atoms with van der Waals surface area (Å²) in [6.07, 6.45) is 1.49. The van der Waals surface area contributed by atoms with Gasteiger partial charge < -0.3 is 14.8 Å². The van der Waals surface area contributed by atoms with Crippen molar-refractivity contribution in [3.05, 3.63) is 94.0 Å². The Morgan fingerprint density at radius 3 is 2.55 bits per heavy atom. The minimum absolute atomic E-state index is 0.0478. The monoisotopic (exact) mass is 432 g/mol. The number of hydrogen-bond donors (Lipinski definition) is 1. The highest BCUT2D eigenvalue weighted by atomic mass is 35.5. The molecule has 1 N–H and O–H groups in total. The van der Waals surface area contributed by atoms with Crippen LogP contribution in [0.25, 0.3) is 6.08 Å². The van der Waals surface area contributed by atoms with Gasteiger partial charge in [0.25, 0.3) is 5.91 Å². The van der Waals surface area contributed by atoms with Gasteiger partial charge in [-0.25, -0.2) is 0 Å². The molecule has 3 aromatic rings. The second-order valence-electron chi connectivity index (χ2n) is 6.77. The fraction of sp³-hybridized carbons (Fsp3) is 0.120. The van der Waals surface area contributed by atoms with Crippen LogP contribution in [0.3, 0.4) is 0 Å². The van der Waals surface area contributed by atoms with E-state index in [1.165, 1.54) is 6.08 Å². The van der Waals surface area contributed by atoms with Gasteiger partial charge in [0.05, 0.1) is 7.11 Å². The third-order valence-electron chi connectivity index (χ3n) is 4.54. The lowest BCUT2D eigenvalue weighted by Crippen LogP contribution is -2.13. The Balaban J connectivity index is 1.86. The molecule has 0 bridgehead atoms. The third-order valence-corrected chi connectivity index (χ3v) is 4.90. The van der Waals surface area contributed by atoms with E-state index in [2.05, 4.69) is 5.32 Å². The molecule has 0 aliphatic carbocycles. The van der Waals surface area contributed by atoms with Crippen molar-refractivity contribution < 1.29 is 14.3 Å². The van der Waals surface area contributed by atoms with Gasteiger partial charge in [-0.15, -0.1) is 0 Å². The van der Waals surface area contributed by atoms with Gasteiger partial charge in [0.1, 0.15) is 29.7 Å². The molecule has 0 unspecified atom stereocenters. The average molecular weight is 433 g/mol. The second-order valence-corrected chi connectivity index (χ2v) is 7.18. The molecular formula is C25H21ClN2O3. The summed E-state index contributed by atoms with van der Waals surface area (Å²) in [6.45, 7) is 2.19. The summed E-state index contributed by atoms with van der Waals surface area (Å²) in [6, 6.07) is 21.9. The van der Waals surface area contributed by atoms with Crippen molar-refractivity contribution in [2.45, 2.75) is 13.5 Å². The third kappa shape index (κ3) is 5.88. The van der Waals surface area contributed by atoms with Crippen LogP contribution in [0.1, 0.15) is 16.7 Å². The van der Waals surface area contributed by atoms with Gasteiger partial charge >= 0.3 is 0 Å². The van der Waals surface area contributed by atoms with Crippen LogP contribution in [0.4, 0.5) is 5.69 Å². The van der Waals surface area contributed by atoms with Crippen molar-refractivity contribution in [2.24, 2.45) is 0 Å². The Bertz CT molecular complexity index is 1150. The molecule has 0 heterocycles. The lowest BCUT2D eigenvalue weighted by atomic mass is 10.1. The molecule has 3 rings (SSSR count). The first kappa shape index (κ1) is 21.9. The van der Waals surface area contributed by atoms with Crippen LogP contribution in [-0.2, 0) is 11.4 Å². The maximum absolute atomic E-state index is 12.6. The minimum Gasteiger partial charge on any atom is -0.497 e. The molecule has 0 aliphatic heterocycles. The number of benzene rings is 3. The Hall–Kier alpha value is -3.75. The zero-order chi connectivity index (χ0) is 22.2. The van der Waals surface area contributed by atoms with Crippen LogP contribution in [0, 0.1) is 18.3 Å². The zero-order valence-corrected chi connectivity index (χ0v) is 17.9. The minimum atomic E-state index is -0.501. The smallest absolute Gasteiger partial charge is 0.266 e. The van der Waals surface area contributed by atoms with Gasteiger partial charge in [-0.3, -0.25) is 4.79 Å². The fourth-order valence-electron chi connectivity index (χ4n) is 2.80. The maximum Gasteiger partial charge on any atom is 0.266 e. The topological polar surface area (TPSA) is 71.3 Å². The lowest BCUT2D eigenvalue weighted by Gasteiger charge is -2.12. The van der Waals surface area contributed by atoms with Crippen LogP contribution in [0.5, 0.6) is 11.5 Å². The van der Waals surface area contributed by atoms with Crippen molar-refractivity contribution >= 4 is 29.3 Å².